The van der Waals surface area contributed by atoms with Crippen molar-refractivity contribution in [3.63, 3.8) is 0 Å². The van der Waals surface area contributed by atoms with Crippen molar-refractivity contribution in [2.75, 3.05) is 39.2 Å². The lowest BCUT2D eigenvalue weighted by atomic mass is 9.89. The molecule has 2 aromatic carbocycles. The number of methoxy groups -OCH3 is 1. The number of aromatic hydroxyl groups is 1. The number of likely N-dealkylation sites (N-methyl/N-ethyl adjacent to an activating group) is 1. The fourth-order valence-corrected chi connectivity index (χ4v) is 8.69. The highest BCUT2D eigenvalue weighted by Crippen LogP contribution is 2.41. The first-order valence-electron chi connectivity index (χ1n) is 18.0. The summed E-state index contributed by atoms with van der Waals surface area (Å²) in [5.41, 5.74) is -1.70. The Morgan fingerprint density at radius 1 is 1.07 bits per heavy atom. The number of aromatic amines is 1. The van der Waals surface area contributed by atoms with Crippen LogP contribution in [0.3, 0.4) is 0 Å². The highest BCUT2D eigenvalue weighted by Gasteiger charge is 2.49. The first-order chi connectivity index (χ1) is 27.0. The van der Waals surface area contributed by atoms with Crippen molar-refractivity contribution in [1.29, 1.82) is 5.26 Å². The van der Waals surface area contributed by atoms with E-state index in [1.54, 1.807) is 54.2 Å². The molecule has 56 heavy (non-hydrogen) atoms. The number of H-pyrrole nitrogens is 1. The molecule has 1 aliphatic carbocycles. The number of nitrogens with one attached hydrogen (secondary N) is 3. The summed E-state index contributed by atoms with van der Waals surface area (Å²) in [4.78, 5) is 44.1. The molecule has 5 aromatic rings. The van der Waals surface area contributed by atoms with Crippen LogP contribution >= 0.6 is 22.7 Å². The van der Waals surface area contributed by atoms with Crippen LogP contribution in [0.2, 0.25) is 0 Å². The van der Waals surface area contributed by atoms with Gasteiger partial charge in [-0.15, -0.1) is 22.7 Å². The van der Waals surface area contributed by atoms with Gasteiger partial charge in [0.2, 0.25) is 11.2 Å². The third kappa shape index (κ3) is 8.58. The standard InChI is InChI=1S/C40H43N5O9S2/c1-45(39(14-4-3-5-15-39)54-37(49)40(51,33-8-6-18-55-33)34-9-7-19-56-34)16-17-53-38(50)43-29-21-32(52-2)26(20-25(29)22-41)23-42-24-31(47)27-10-12-30(46)36-28(27)11-13-35(48)44-36/h6-13,18-21,31,42,46-47,51H,3-5,14-17,23-24H2,1-2H3,(H,43,50)(H,44,48). The third-order valence-electron chi connectivity index (χ3n) is 10.0. The molecule has 16 heteroatoms. The van der Waals surface area contributed by atoms with Gasteiger partial charge in [0, 0.05) is 55.6 Å². The minimum absolute atomic E-state index is 0.0580. The molecule has 1 fully saturated rings. The molecule has 1 unspecified atom stereocenters. The minimum Gasteiger partial charge on any atom is -0.506 e. The first kappa shape index (κ1) is 40.4. The number of carbonyl (C=O) groups is 2. The molecule has 0 aliphatic heterocycles. The molecule has 0 bridgehead atoms. The molecule has 1 amide bonds. The number of amides is 1. The zero-order valence-electron chi connectivity index (χ0n) is 30.9. The molecule has 3 aromatic heterocycles. The Kier molecular flexibility index (Phi) is 12.7. The second kappa shape index (κ2) is 17.7. The van der Waals surface area contributed by atoms with Gasteiger partial charge < -0.3 is 39.8 Å². The lowest BCUT2D eigenvalue weighted by Crippen LogP contribution is -2.55. The van der Waals surface area contributed by atoms with Crippen molar-refractivity contribution >= 4 is 51.3 Å². The molecule has 6 N–H and O–H groups in total. The molecular formula is C40H43N5O9S2. The number of thiophene rings is 2. The molecular weight excluding hydrogens is 759 g/mol. The number of aliphatic hydroxyl groups is 2. The van der Waals surface area contributed by atoms with Crippen LogP contribution in [0, 0.1) is 11.3 Å². The second-order valence-electron chi connectivity index (χ2n) is 13.5. The maximum absolute atomic E-state index is 13.9. The van der Waals surface area contributed by atoms with Gasteiger partial charge in [-0.2, -0.15) is 5.26 Å². The number of benzene rings is 2. The predicted octanol–water partition coefficient (Wildman–Crippen LogP) is 5.68. The lowest BCUT2D eigenvalue weighted by Gasteiger charge is -2.44. The molecule has 0 saturated heterocycles. The Bertz CT molecular complexity index is 2210. The fraction of sp³-hybridized carbons (Fsp3) is 0.350. The van der Waals surface area contributed by atoms with Crippen molar-refractivity contribution < 1.29 is 39.1 Å². The zero-order valence-corrected chi connectivity index (χ0v) is 32.5. The number of rotatable bonds is 15. The number of esters is 1. The van der Waals surface area contributed by atoms with Gasteiger partial charge in [-0.3, -0.25) is 15.0 Å². The smallest absolute Gasteiger partial charge is 0.411 e. The van der Waals surface area contributed by atoms with Gasteiger partial charge in [0.1, 0.15) is 24.2 Å². The number of carbonyl (C=O) groups excluding carboxylic acids is 2. The van der Waals surface area contributed by atoms with E-state index in [1.807, 2.05) is 4.90 Å². The quantitative estimate of drug-likeness (QED) is 0.0559. The van der Waals surface area contributed by atoms with Gasteiger partial charge in [0.15, 0.2) is 5.72 Å². The Morgan fingerprint density at radius 3 is 2.43 bits per heavy atom. The van der Waals surface area contributed by atoms with E-state index in [-0.39, 0.29) is 54.3 Å². The Balaban J connectivity index is 1.06. The van der Waals surface area contributed by atoms with Crippen molar-refractivity contribution in [3.8, 4) is 17.6 Å². The summed E-state index contributed by atoms with van der Waals surface area (Å²) >= 11 is 2.55. The summed E-state index contributed by atoms with van der Waals surface area (Å²) in [6.07, 6.45) is 1.92. The van der Waals surface area contributed by atoms with Gasteiger partial charge in [-0.1, -0.05) is 24.6 Å². The number of pyridine rings is 1. The average Bonchev–Trinajstić information content (AvgIpc) is 3.95. The fourth-order valence-electron chi connectivity index (χ4n) is 6.98. The molecule has 14 nitrogen and oxygen atoms in total. The van der Waals surface area contributed by atoms with E-state index < -0.39 is 29.5 Å². The molecule has 0 radical (unpaired) electrons. The van der Waals surface area contributed by atoms with Crippen LogP contribution in [0.4, 0.5) is 10.5 Å². The Hall–Kier alpha value is -5.28. The number of nitriles is 1. The van der Waals surface area contributed by atoms with Gasteiger partial charge in [-0.05, 0) is 66.5 Å². The number of phenols is 1. The zero-order chi connectivity index (χ0) is 39.9. The predicted molar refractivity (Wildman–Crippen MR) is 212 cm³/mol. The summed E-state index contributed by atoms with van der Waals surface area (Å²) in [5, 5.41) is 52.8. The number of phenolic OH excluding ortho intramolecular Hbond substituents is 1. The van der Waals surface area contributed by atoms with Gasteiger partial charge >= 0.3 is 12.1 Å². The van der Waals surface area contributed by atoms with Crippen molar-refractivity contribution in [1.82, 2.24) is 15.2 Å². The number of anilines is 1. The van der Waals surface area contributed by atoms with Crippen LogP contribution in [-0.4, -0.2) is 76.8 Å². The highest BCUT2D eigenvalue weighted by atomic mass is 32.1. The number of hydrogen-bond acceptors (Lipinski definition) is 14. The van der Waals surface area contributed by atoms with E-state index in [4.69, 9.17) is 14.2 Å². The van der Waals surface area contributed by atoms with Crippen LogP contribution in [-0.2, 0) is 26.4 Å². The van der Waals surface area contributed by atoms with Crippen LogP contribution in [0.25, 0.3) is 10.9 Å². The normalized spacial score (nSPS) is 14.6. The van der Waals surface area contributed by atoms with Gasteiger partial charge in [-0.25, -0.2) is 9.59 Å². The largest absolute Gasteiger partial charge is 0.506 e. The Labute approximate surface area is 330 Å². The van der Waals surface area contributed by atoms with E-state index in [2.05, 4.69) is 21.7 Å². The van der Waals surface area contributed by atoms with E-state index in [9.17, 15) is 35.0 Å². The van der Waals surface area contributed by atoms with Gasteiger partial charge in [0.05, 0.1) is 39.7 Å². The van der Waals surface area contributed by atoms with Crippen molar-refractivity contribution in [2.24, 2.45) is 0 Å². The van der Waals surface area contributed by atoms with Crippen LogP contribution in [0.1, 0.15) is 64.7 Å². The monoisotopic (exact) mass is 801 g/mol. The lowest BCUT2D eigenvalue weighted by molar-refractivity contribution is -0.207. The number of nitrogens with zero attached hydrogens (tertiary/aromatic N) is 2. The molecule has 1 saturated carbocycles. The molecule has 3 heterocycles. The topological polar surface area (TPSA) is 206 Å². The van der Waals surface area contributed by atoms with Crippen LogP contribution < -0.4 is 20.9 Å². The minimum atomic E-state index is -1.96. The molecule has 1 aliphatic rings. The maximum Gasteiger partial charge on any atom is 0.411 e. The number of aromatic nitrogens is 1. The third-order valence-corrected chi connectivity index (χ3v) is 12.0. The Morgan fingerprint density at radius 2 is 1.79 bits per heavy atom. The maximum atomic E-state index is 13.9. The molecule has 1 atom stereocenters. The second-order valence-corrected chi connectivity index (χ2v) is 15.4. The number of ether oxygens (including phenoxy) is 3. The van der Waals surface area contributed by atoms with Crippen molar-refractivity contribution in [3.05, 3.63) is 108 Å². The number of hydrogen-bond donors (Lipinski definition) is 6. The van der Waals surface area contributed by atoms with E-state index in [1.165, 1.54) is 54.0 Å². The summed E-state index contributed by atoms with van der Waals surface area (Å²) in [5.74, 6) is -0.493. The van der Waals surface area contributed by atoms with Crippen LogP contribution in [0.5, 0.6) is 11.5 Å². The van der Waals surface area contributed by atoms with Gasteiger partial charge in [0.25, 0.3) is 0 Å². The molecule has 0 spiro atoms. The first-order valence-corrected chi connectivity index (χ1v) is 19.8. The van der Waals surface area contributed by atoms with E-state index in [0.717, 1.165) is 19.3 Å². The average molecular weight is 802 g/mol. The summed E-state index contributed by atoms with van der Waals surface area (Å²) in [7, 11) is 3.26. The number of fused-ring (bicyclic) bond motifs is 1. The highest BCUT2D eigenvalue weighted by molar-refractivity contribution is 7.12. The molecule has 294 valence electrons. The SMILES string of the molecule is COc1cc(NC(=O)OCCN(C)C2(OC(=O)C(O)(c3cccs3)c3cccs3)CCCCC2)c(C#N)cc1CNCC(O)c1ccc(O)c2[nH]c(=O)ccc12. The van der Waals surface area contributed by atoms with Crippen molar-refractivity contribution in [2.45, 2.75) is 56.1 Å². The van der Waals surface area contributed by atoms with E-state index >= 15 is 0 Å². The summed E-state index contributed by atoms with van der Waals surface area (Å²) < 4.78 is 17.3. The van der Waals surface area contributed by atoms with E-state index in [0.29, 0.717) is 44.9 Å². The number of aliphatic hydroxyl groups excluding tert-OH is 1. The summed E-state index contributed by atoms with van der Waals surface area (Å²) in [6.45, 7) is 0.454. The molecule has 6 rings (SSSR count). The summed E-state index contributed by atoms with van der Waals surface area (Å²) in [6, 6.07) is 18.0. The van der Waals surface area contributed by atoms with Crippen LogP contribution in [0.15, 0.2) is 76.2 Å².